The van der Waals surface area contributed by atoms with E-state index in [1.807, 2.05) is 44.2 Å². The highest BCUT2D eigenvalue weighted by molar-refractivity contribution is 7.92. The topological polar surface area (TPSA) is 84.5 Å². The molecule has 0 heterocycles. The second-order valence-corrected chi connectivity index (χ2v) is 9.67. The lowest BCUT2D eigenvalue weighted by Crippen LogP contribution is -2.20. The average Bonchev–Trinajstić information content (AvgIpc) is 2.75. The van der Waals surface area contributed by atoms with Crippen LogP contribution in [0.15, 0.2) is 71.6 Å². The van der Waals surface area contributed by atoms with Crippen LogP contribution in [0.5, 0.6) is 5.75 Å². The fourth-order valence-corrected chi connectivity index (χ4v) is 4.08. The van der Waals surface area contributed by atoms with Gasteiger partial charge in [-0.25, -0.2) is 8.42 Å². The summed E-state index contributed by atoms with van der Waals surface area (Å²) in [7, 11) is -3.73. The van der Waals surface area contributed by atoms with Crippen molar-refractivity contribution in [3.05, 3.63) is 83.4 Å². The maximum atomic E-state index is 12.6. The van der Waals surface area contributed by atoms with Gasteiger partial charge in [0, 0.05) is 11.4 Å². The quantitative estimate of drug-likeness (QED) is 0.489. The normalized spacial score (nSPS) is 11.3. The van der Waals surface area contributed by atoms with Gasteiger partial charge in [-0.05, 0) is 85.0 Å². The first kappa shape index (κ1) is 23.3. The Labute approximate surface area is 189 Å². The van der Waals surface area contributed by atoms with Crippen LogP contribution in [0.1, 0.15) is 36.5 Å². The molecule has 0 aliphatic heterocycles. The van der Waals surface area contributed by atoms with E-state index < -0.39 is 10.0 Å². The lowest BCUT2D eigenvalue weighted by atomic mass is 10.0. The lowest BCUT2D eigenvalue weighted by molar-refractivity contribution is -0.118. The molecule has 7 heteroatoms. The Morgan fingerprint density at radius 1 is 0.875 bits per heavy atom. The third-order valence-electron chi connectivity index (χ3n) is 5.12. The Balaban J connectivity index is 1.57. The van der Waals surface area contributed by atoms with Crippen molar-refractivity contribution in [2.24, 2.45) is 0 Å². The third-order valence-corrected chi connectivity index (χ3v) is 6.52. The number of rotatable bonds is 8. The van der Waals surface area contributed by atoms with Crippen LogP contribution in [0.2, 0.25) is 0 Å². The molecule has 2 N–H and O–H groups in total. The number of anilines is 2. The predicted octanol–water partition coefficient (Wildman–Crippen LogP) is 5.25. The second kappa shape index (κ2) is 9.87. The van der Waals surface area contributed by atoms with Crippen LogP contribution >= 0.6 is 0 Å². The summed E-state index contributed by atoms with van der Waals surface area (Å²) < 4.78 is 33.4. The minimum Gasteiger partial charge on any atom is -0.484 e. The van der Waals surface area contributed by atoms with Crippen molar-refractivity contribution in [3.8, 4) is 5.75 Å². The first-order valence-corrected chi connectivity index (χ1v) is 11.8. The summed E-state index contributed by atoms with van der Waals surface area (Å²) >= 11 is 0. The van der Waals surface area contributed by atoms with E-state index in [1.165, 1.54) is 17.7 Å². The zero-order chi connectivity index (χ0) is 23.3. The number of aryl methyl sites for hydroxylation is 2. The van der Waals surface area contributed by atoms with E-state index in [4.69, 9.17) is 4.74 Å². The molecule has 0 atom stereocenters. The molecule has 6 nitrogen and oxygen atoms in total. The minimum absolute atomic E-state index is 0.107. The fraction of sp³-hybridized carbons (Fsp3) is 0.240. The van der Waals surface area contributed by atoms with Crippen molar-refractivity contribution in [3.63, 3.8) is 0 Å². The van der Waals surface area contributed by atoms with Gasteiger partial charge in [-0.1, -0.05) is 32.0 Å². The number of nitrogens with one attached hydrogen (secondary N) is 2. The van der Waals surface area contributed by atoms with Crippen molar-refractivity contribution in [1.82, 2.24) is 0 Å². The maximum Gasteiger partial charge on any atom is 0.262 e. The van der Waals surface area contributed by atoms with Crippen LogP contribution in [-0.4, -0.2) is 20.9 Å². The fourth-order valence-electron chi connectivity index (χ4n) is 3.03. The van der Waals surface area contributed by atoms with Crippen LogP contribution in [0.3, 0.4) is 0 Å². The molecule has 0 fully saturated rings. The summed E-state index contributed by atoms with van der Waals surface area (Å²) in [5.74, 6) is 0.709. The molecule has 0 saturated heterocycles. The largest absolute Gasteiger partial charge is 0.484 e. The van der Waals surface area contributed by atoms with E-state index in [0.717, 1.165) is 11.1 Å². The van der Waals surface area contributed by atoms with Gasteiger partial charge in [0.1, 0.15) is 5.75 Å². The highest BCUT2D eigenvalue weighted by atomic mass is 32.2. The molecule has 3 aromatic rings. The van der Waals surface area contributed by atoms with Crippen LogP contribution in [0, 0.1) is 13.8 Å². The van der Waals surface area contributed by atoms with Gasteiger partial charge in [0.25, 0.3) is 15.9 Å². The molecule has 0 aliphatic rings. The molecule has 168 valence electrons. The van der Waals surface area contributed by atoms with Gasteiger partial charge in [-0.15, -0.1) is 0 Å². The molecule has 0 bridgehead atoms. The zero-order valence-corrected chi connectivity index (χ0v) is 19.5. The molecule has 0 aliphatic carbocycles. The smallest absolute Gasteiger partial charge is 0.262 e. The van der Waals surface area contributed by atoms with Gasteiger partial charge in [-0.2, -0.15) is 0 Å². The SMILES string of the molecule is Cc1ccc(NS(=O)(=O)c2ccc(NC(=O)COc3ccc(C(C)C)cc3)cc2)cc1C. The van der Waals surface area contributed by atoms with Gasteiger partial charge < -0.3 is 10.1 Å². The van der Waals surface area contributed by atoms with E-state index in [-0.39, 0.29) is 17.4 Å². The molecule has 32 heavy (non-hydrogen) atoms. The molecule has 1 amide bonds. The van der Waals surface area contributed by atoms with Gasteiger partial charge in [0.2, 0.25) is 0 Å². The highest BCUT2D eigenvalue weighted by Gasteiger charge is 2.15. The summed E-state index contributed by atoms with van der Waals surface area (Å²) in [6, 6.07) is 19.0. The minimum atomic E-state index is -3.73. The molecule has 0 aromatic heterocycles. The third kappa shape index (κ3) is 6.11. The molecule has 0 unspecified atom stereocenters. The standard InChI is InChI=1S/C25H28N2O4S/c1-17(2)20-6-11-23(12-7-20)31-16-25(28)26-21-9-13-24(14-10-21)32(29,30)27-22-8-5-18(3)19(4)15-22/h5-15,17,27H,16H2,1-4H3,(H,26,28). The van der Waals surface area contributed by atoms with Crippen LogP contribution in [0.25, 0.3) is 0 Å². The number of sulfonamides is 1. The average molecular weight is 453 g/mol. The van der Waals surface area contributed by atoms with Gasteiger partial charge in [0.05, 0.1) is 4.90 Å². The first-order chi connectivity index (χ1) is 15.1. The highest BCUT2D eigenvalue weighted by Crippen LogP contribution is 2.21. The lowest BCUT2D eigenvalue weighted by Gasteiger charge is -2.11. The Morgan fingerprint density at radius 3 is 2.09 bits per heavy atom. The van der Waals surface area contributed by atoms with Gasteiger partial charge >= 0.3 is 0 Å². The van der Waals surface area contributed by atoms with Crippen molar-refractivity contribution in [2.75, 3.05) is 16.6 Å². The predicted molar refractivity (Wildman–Crippen MR) is 128 cm³/mol. The summed E-state index contributed by atoms with van der Waals surface area (Å²) in [6.45, 7) is 7.97. The number of benzene rings is 3. The number of hydrogen-bond donors (Lipinski definition) is 2. The molecular formula is C25H28N2O4S. The summed E-state index contributed by atoms with van der Waals surface area (Å²) in [6.07, 6.45) is 0. The van der Waals surface area contributed by atoms with Gasteiger partial charge in [-0.3, -0.25) is 9.52 Å². The van der Waals surface area contributed by atoms with Crippen molar-refractivity contribution < 1.29 is 17.9 Å². The number of amides is 1. The monoisotopic (exact) mass is 452 g/mol. The molecule has 0 radical (unpaired) electrons. The summed E-state index contributed by atoms with van der Waals surface area (Å²) in [5, 5.41) is 2.70. The Bertz CT molecular complexity index is 1190. The van der Waals surface area contributed by atoms with E-state index in [9.17, 15) is 13.2 Å². The van der Waals surface area contributed by atoms with Crippen LogP contribution < -0.4 is 14.8 Å². The summed E-state index contributed by atoms with van der Waals surface area (Å²) in [4.78, 5) is 12.3. The van der Waals surface area contributed by atoms with Crippen molar-refractivity contribution in [2.45, 2.75) is 38.5 Å². The molecule has 3 rings (SSSR count). The molecule has 0 saturated carbocycles. The molecule has 3 aromatic carbocycles. The van der Waals surface area contributed by atoms with Crippen molar-refractivity contribution >= 4 is 27.3 Å². The summed E-state index contributed by atoms with van der Waals surface area (Å²) in [5.41, 5.74) is 4.28. The first-order valence-electron chi connectivity index (χ1n) is 10.4. The molecular weight excluding hydrogens is 424 g/mol. The number of carbonyl (C=O) groups is 1. The van der Waals surface area contributed by atoms with Crippen molar-refractivity contribution in [1.29, 1.82) is 0 Å². The number of carbonyl (C=O) groups excluding carboxylic acids is 1. The number of hydrogen-bond acceptors (Lipinski definition) is 4. The van der Waals surface area contributed by atoms with Gasteiger partial charge in [0.15, 0.2) is 6.61 Å². The second-order valence-electron chi connectivity index (χ2n) is 7.99. The Kier molecular flexibility index (Phi) is 7.20. The molecule has 0 spiro atoms. The van der Waals surface area contributed by atoms with E-state index in [0.29, 0.717) is 23.0 Å². The number of ether oxygens (including phenoxy) is 1. The van der Waals surface area contributed by atoms with E-state index in [1.54, 1.807) is 24.3 Å². The Morgan fingerprint density at radius 2 is 1.50 bits per heavy atom. The van der Waals surface area contributed by atoms with Crippen LogP contribution in [0.4, 0.5) is 11.4 Å². The maximum absolute atomic E-state index is 12.6. The zero-order valence-electron chi connectivity index (χ0n) is 18.7. The van der Waals surface area contributed by atoms with Crippen LogP contribution in [-0.2, 0) is 14.8 Å². The Hall–Kier alpha value is -3.32. The van der Waals surface area contributed by atoms with E-state index >= 15 is 0 Å². The van der Waals surface area contributed by atoms with E-state index in [2.05, 4.69) is 23.9 Å².